The Labute approximate surface area is 144 Å². The molecule has 1 amide bonds. The van der Waals surface area contributed by atoms with Crippen LogP contribution in [0.3, 0.4) is 0 Å². The molecule has 0 saturated heterocycles. The van der Waals surface area contributed by atoms with Crippen molar-refractivity contribution in [1.82, 2.24) is 4.90 Å². The minimum atomic E-state index is -0.412. The average Bonchev–Trinajstić information content (AvgIpc) is 2.45. The minimum Gasteiger partial charge on any atom is -0.512 e. The lowest BCUT2D eigenvalue weighted by Gasteiger charge is -2.40. The number of benzene rings is 1. The standard InChI is InChI=1S/C20H28FNO2/c1-13(2)10-11-22-16(14-6-8-15(21)9-7-14)12-17(23)18(19(22)24)20(3,4)5/h6-9,13,16,23H,10-12H2,1-5H3. The molecule has 0 aliphatic carbocycles. The van der Waals surface area contributed by atoms with E-state index in [0.717, 1.165) is 12.0 Å². The fourth-order valence-corrected chi connectivity index (χ4v) is 3.20. The van der Waals surface area contributed by atoms with E-state index in [9.17, 15) is 14.3 Å². The Hall–Kier alpha value is -1.84. The molecule has 1 aliphatic heterocycles. The van der Waals surface area contributed by atoms with Crippen LogP contribution in [0.4, 0.5) is 4.39 Å². The highest BCUT2D eigenvalue weighted by molar-refractivity contribution is 5.96. The quantitative estimate of drug-likeness (QED) is 0.842. The van der Waals surface area contributed by atoms with E-state index in [2.05, 4.69) is 13.8 Å². The molecule has 1 aliphatic rings. The molecule has 0 bridgehead atoms. The van der Waals surface area contributed by atoms with Gasteiger partial charge in [-0.3, -0.25) is 4.79 Å². The number of amides is 1. The highest BCUT2D eigenvalue weighted by Crippen LogP contribution is 2.40. The van der Waals surface area contributed by atoms with Gasteiger partial charge in [-0.25, -0.2) is 4.39 Å². The van der Waals surface area contributed by atoms with Crippen LogP contribution in [-0.4, -0.2) is 22.5 Å². The summed E-state index contributed by atoms with van der Waals surface area (Å²) in [6.45, 7) is 10.7. The first kappa shape index (κ1) is 18.5. The first-order valence-electron chi connectivity index (χ1n) is 8.60. The van der Waals surface area contributed by atoms with E-state index in [-0.39, 0.29) is 23.5 Å². The van der Waals surface area contributed by atoms with Crippen LogP contribution in [0.15, 0.2) is 35.6 Å². The Morgan fingerprint density at radius 3 is 2.33 bits per heavy atom. The molecule has 24 heavy (non-hydrogen) atoms. The lowest BCUT2D eigenvalue weighted by atomic mass is 9.80. The van der Waals surface area contributed by atoms with E-state index in [1.54, 1.807) is 12.1 Å². The second-order valence-corrected chi connectivity index (χ2v) is 8.02. The van der Waals surface area contributed by atoms with Crippen molar-refractivity contribution in [2.45, 2.75) is 53.5 Å². The Morgan fingerprint density at radius 2 is 1.83 bits per heavy atom. The number of nitrogens with zero attached hydrogens (tertiary/aromatic N) is 1. The van der Waals surface area contributed by atoms with Crippen molar-refractivity contribution in [2.75, 3.05) is 6.54 Å². The highest BCUT2D eigenvalue weighted by atomic mass is 19.1. The first-order valence-corrected chi connectivity index (χ1v) is 8.60. The van der Waals surface area contributed by atoms with Crippen LogP contribution in [0.2, 0.25) is 0 Å². The van der Waals surface area contributed by atoms with Crippen LogP contribution in [0.5, 0.6) is 0 Å². The van der Waals surface area contributed by atoms with E-state index in [4.69, 9.17) is 0 Å². The summed E-state index contributed by atoms with van der Waals surface area (Å²) in [6.07, 6.45) is 1.27. The normalized spacial score (nSPS) is 19.4. The molecule has 2 rings (SSSR count). The van der Waals surface area contributed by atoms with Crippen molar-refractivity contribution in [3.8, 4) is 0 Å². The van der Waals surface area contributed by atoms with E-state index in [0.29, 0.717) is 24.5 Å². The van der Waals surface area contributed by atoms with Crippen molar-refractivity contribution >= 4 is 5.91 Å². The van der Waals surface area contributed by atoms with E-state index in [1.807, 2.05) is 25.7 Å². The van der Waals surface area contributed by atoms with Gasteiger partial charge in [0.1, 0.15) is 11.6 Å². The smallest absolute Gasteiger partial charge is 0.254 e. The zero-order valence-corrected chi connectivity index (χ0v) is 15.3. The summed E-state index contributed by atoms with van der Waals surface area (Å²) in [5.74, 6) is 0.220. The van der Waals surface area contributed by atoms with Gasteiger partial charge in [0, 0.05) is 13.0 Å². The van der Waals surface area contributed by atoms with Gasteiger partial charge < -0.3 is 10.0 Å². The Morgan fingerprint density at radius 1 is 1.25 bits per heavy atom. The molecule has 1 aromatic rings. The third-order valence-corrected chi connectivity index (χ3v) is 4.48. The summed E-state index contributed by atoms with van der Waals surface area (Å²) in [6, 6.07) is 5.96. The summed E-state index contributed by atoms with van der Waals surface area (Å²) in [5.41, 5.74) is 0.933. The molecular weight excluding hydrogens is 305 g/mol. The monoisotopic (exact) mass is 333 g/mol. The van der Waals surface area contributed by atoms with Crippen molar-refractivity contribution < 1.29 is 14.3 Å². The summed E-state index contributed by atoms with van der Waals surface area (Å²) in [7, 11) is 0. The first-order chi connectivity index (χ1) is 11.1. The summed E-state index contributed by atoms with van der Waals surface area (Å²) in [4.78, 5) is 14.9. The number of aliphatic hydroxyl groups excluding tert-OH is 1. The second-order valence-electron chi connectivity index (χ2n) is 8.02. The number of hydrogen-bond donors (Lipinski definition) is 1. The zero-order valence-electron chi connectivity index (χ0n) is 15.3. The van der Waals surface area contributed by atoms with Gasteiger partial charge >= 0.3 is 0 Å². The fourth-order valence-electron chi connectivity index (χ4n) is 3.20. The number of halogens is 1. The Kier molecular flexibility index (Phi) is 5.36. The number of carbonyl (C=O) groups is 1. The Bertz CT molecular complexity index is 626. The number of rotatable bonds is 4. The fraction of sp³-hybridized carbons (Fsp3) is 0.550. The number of aliphatic hydroxyl groups is 1. The molecule has 1 unspecified atom stereocenters. The maximum Gasteiger partial charge on any atom is 0.254 e. The molecule has 132 valence electrons. The molecule has 3 nitrogen and oxygen atoms in total. The molecule has 1 heterocycles. The third kappa shape index (κ3) is 3.97. The minimum absolute atomic E-state index is 0.110. The van der Waals surface area contributed by atoms with Gasteiger partial charge in [0.2, 0.25) is 0 Å². The van der Waals surface area contributed by atoms with Gasteiger partial charge in [-0.2, -0.15) is 0 Å². The number of carbonyl (C=O) groups excluding carboxylic acids is 1. The van der Waals surface area contributed by atoms with Gasteiger partial charge in [0.15, 0.2) is 0 Å². The SMILES string of the molecule is CC(C)CCN1C(=O)C(C(C)(C)C)=C(O)CC1c1ccc(F)cc1. The van der Waals surface area contributed by atoms with Crippen LogP contribution in [0.25, 0.3) is 0 Å². The van der Waals surface area contributed by atoms with Gasteiger partial charge in [-0.15, -0.1) is 0 Å². The predicted octanol–water partition coefficient (Wildman–Crippen LogP) is 5.00. The summed E-state index contributed by atoms with van der Waals surface area (Å²) in [5, 5.41) is 10.5. The van der Waals surface area contributed by atoms with Crippen LogP contribution < -0.4 is 0 Å². The van der Waals surface area contributed by atoms with Crippen LogP contribution in [-0.2, 0) is 4.79 Å². The van der Waals surface area contributed by atoms with Gasteiger partial charge in [0.25, 0.3) is 5.91 Å². The van der Waals surface area contributed by atoms with Crippen LogP contribution in [0.1, 0.15) is 59.1 Å². The summed E-state index contributed by atoms with van der Waals surface area (Å²) >= 11 is 0. The molecule has 1 atom stereocenters. The third-order valence-electron chi connectivity index (χ3n) is 4.48. The van der Waals surface area contributed by atoms with Crippen molar-refractivity contribution in [3.05, 3.63) is 47.0 Å². The molecule has 0 aromatic heterocycles. The molecule has 0 spiro atoms. The van der Waals surface area contributed by atoms with Crippen molar-refractivity contribution in [2.24, 2.45) is 11.3 Å². The van der Waals surface area contributed by atoms with Crippen LogP contribution in [0, 0.1) is 17.2 Å². The lowest BCUT2D eigenvalue weighted by Crippen LogP contribution is -2.43. The van der Waals surface area contributed by atoms with Crippen LogP contribution >= 0.6 is 0 Å². The molecule has 1 N–H and O–H groups in total. The van der Waals surface area contributed by atoms with Crippen molar-refractivity contribution in [3.63, 3.8) is 0 Å². The topological polar surface area (TPSA) is 40.5 Å². The van der Waals surface area contributed by atoms with Gasteiger partial charge in [-0.05, 0) is 35.4 Å². The zero-order chi connectivity index (χ0) is 18.1. The van der Waals surface area contributed by atoms with Gasteiger partial charge in [-0.1, -0.05) is 46.8 Å². The maximum absolute atomic E-state index is 13.2. The molecule has 0 radical (unpaired) electrons. The van der Waals surface area contributed by atoms with E-state index < -0.39 is 5.41 Å². The average molecular weight is 333 g/mol. The van der Waals surface area contributed by atoms with Crippen molar-refractivity contribution in [1.29, 1.82) is 0 Å². The summed E-state index contributed by atoms with van der Waals surface area (Å²) < 4.78 is 13.2. The molecule has 0 fully saturated rings. The lowest BCUT2D eigenvalue weighted by molar-refractivity contribution is -0.132. The molecule has 4 heteroatoms. The largest absolute Gasteiger partial charge is 0.512 e. The van der Waals surface area contributed by atoms with E-state index >= 15 is 0 Å². The maximum atomic E-state index is 13.2. The number of hydrogen-bond acceptors (Lipinski definition) is 2. The second kappa shape index (κ2) is 6.96. The molecular formula is C20H28FNO2. The predicted molar refractivity (Wildman–Crippen MR) is 94.0 cm³/mol. The molecule has 0 saturated carbocycles. The highest BCUT2D eigenvalue weighted by Gasteiger charge is 2.39. The van der Waals surface area contributed by atoms with Gasteiger partial charge in [0.05, 0.1) is 11.6 Å². The molecule has 1 aromatic carbocycles. The Balaban J connectivity index is 2.42. The van der Waals surface area contributed by atoms with E-state index in [1.165, 1.54) is 12.1 Å².